The number of carbonyl (C=O) groups excluding carboxylic acids is 1. The Morgan fingerprint density at radius 1 is 1.62 bits per heavy atom. The number of rotatable bonds is 4. The fourth-order valence-electron chi connectivity index (χ4n) is 0.927. The van der Waals surface area contributed by atoms with Gasteiger partial charge >= 0.3 is 5.97 Å². The summed E-state index contributed by atoms with van der Waals surface area (Å²) in [5.74, 6) is -0.459. The van der Waals surface area contributed by atoms with E-state index in [1.165, 1.54) is 0 Å². The average molecular weight is 184 g/mol. The van der Waals surface area contributed by atoms with Gasteiger partial charge < -0.3 is 10.5 Å². The van der Waals surface area contributed by atoms with E-state index in [2.05, 4.69) is 15.4 Å². The molecule has 0 aliphatic carbocycles. The molecule has 0 unspecified atom stereocenters. The van der Waals surface area contributed by atoms with Gasteiger partial charge in [-0.05, 0) is 13.5 Å². The minimum atomic E-state index is -0.459. The molecule has 0 aliphatic rings. The van der Waals surface area contributed by atoms with Crippen molar-refractivity contribution >= 4 is 5.97 Å². The number of hydrogen-bond donors (Lipinski definition) is 2. The van der Waals surface area contributed by atoms with E-state index in [0.29, 0.717) is 25.3 Å². The molecule has 0 fully saturated rings. The summed E-state index contributed by atoms with van der Waals surface area (Å²) in [6.45, 7) is 2.49. The number of ether oxygens (including phenoxy) is 1. The molecule has 1 heterocycles. The van der Waals surface area contributed by atoms with Crippen LogP contribution in [0.4, 0.5) is 0 Å². The summed E-state index contributed by atoms with van der Waals surface area (Å²) in [6, 6.07) is 0. The fourth-order valence-corrected chi connectivity index (χ4v) is 0.927. The zero-order valence-corrected chi connectivity index (χ0v) is 7.41. The number of nitrogens with one attached hydrogen (secondary N) is 1. The van der Waals surface area contributed by atoms with Gasteiger partial charge in [0, 0.05) is 6.42 Å². The second kappa shape index (κ2) is 4.56. The summed E-state index contributed by atoms with van der Waals surface area (Å²) in [6.07, 6.45) is 0.518. The topological polar surface area (TPSA) is 93.9 Å². The largest absolute Gasteiger partial charge is 0.461 e. The van der Waals surface area contributed by atoms with Crippen LogP contribution in [0.15, 0.2) is 0 Å². The first-order valence-corrected chi connectivity index (χ1v) is 4.06. The molecule has 3 N–H and O–H groups in total. The Labute approximate surface area is 75.5 Å². The fraction of sp³-hybridized carbons (Fsp3) is 0.571. The third kappa shape index (κ3) is 2.25. The SMILES string of the molecule is CCOC(=O)c1n[nH]nc1CCN. The minimum absolute atomic E-state index is 0.229. The van der Waals surface area contributed by atoms with Crippen LogP contribution in [0.3, 0.4) is 0 Å². The van der Waals surface area contributed by atoms with Crippen molar-refractivity contribution in [2.24, 2.45) is 5.73 Å². The van der Waals surface area contributed by atoms with Crippen LogP contribution in [0.2, 0.25) is 0 Å². The summed E-state index contributed by atoms with van der Waals surface area (Å²) in [5, 5.41) is 9.85. The number of H-pyrrole nitrogens is 1. The standard InChI is InChI=1S/C7H12N4O2/c1-2-13-7(12)6-5(3-4-8)9-11-10-6/h2-4,8H2,1H3,(H,9,10,11). The molecule has 0 amide bonds. The van der Waals surface area contributed by atoms with Crippen LogP contribution in [-0.4, -0.2) is 34.5 Å². The highest BCUT2D eigenvalue weighted by Crippen LogP contribution is 2.03. The highest BCUT2D eigenvalue weighted by Gasteiger charge is 2.16. The van der Waals surface area contributed by atoms with E-state index in [4.69, 9.17) is 10.5 Å². The van der Waals surface area contributed by atoms with Crippen LogP contribution < -0.4 is 5.73 Å². The van der Waals surface area contributed by atoms with E-state index in [9.17, 15) is 4.79 Å². The van der Waals surface area contributed by atoms with Crippen molar-refractivity contribution < 1.29 is 9.53 Å². The molecule has 6 nitrogen and oxygen atoms in total. The first kappa shape index (κ1) is 9.66. The van der Waals surface area contributed by atoms with Crippen molar-refractivity contribution in [2.75, 3.05) is 13.2 Å². The van der Waals surface area contributed by atoms with Crippen molar-refractivity contribution in [1.82, 2.24) is 15.4 Å². The lowest BCUT2D eigenvalue weighted by Crippen LogP contribution is -2.11. The number of nitrogens with two attached hydrogens (primary N) is 1. The number of aromatic amines is 1. The smallest absolute Gasteiger partial charge is 0.360 e. The lowest BCUT2D eigenvalue weighted by molar-refractivity contribution is 0.0518. The Balaban J connectivity index is 2.74. The molecular formula is C7H12N4O2. The van der Waals surface area contributed by atoms with Crippen LogP contribution in [0.1, 0.15) is 23.1 Å². The molecule has 0 saturated carbocycles. The predicted octanol–water partition coefficient (Wildman–Crippen LogP) is -0.517. The number of aromatic nitrogens is 3. The summed E-state index contributed by atoms with van der Waals surface area (Å²) in [5.41, 5.74) is 6.11. The van der Waals surface area contributed by atoms with Gasteiger partial charge in [0.15, 0.2) is 5.69 Å². The third-order valence-corrected chi connectivity index (χ3v) is 1.47. The maximum Gasteiger partial charge on any atom is 0.360 e. The Morgan fingerprint density at radius 2 is 2.38 bits per heavy atom. The summed E-state index contributed by atoms with van der Waals surface area (Å²) >= 11 is 0. The van der Waals surface area contributed by atoms with Gasteiger partial charge in [-0.1, -0.05) is 0 Å². The molecule has 13 heavy (non-hydrogen) atoms. The zero-order valence-electron chi connectivity index (χ0n) is 7.41. The molecular weight excluding hydrogens is 172 g/mol. The Bertz CT molecular complexity index is 284. The molecule has 0 aromatic carbocycles. The van der Waals surface area contributed by atoms with E-state index < -0.39 is 5.97 Å². The first-order valence-electron chi connectivity index (χ1n) is 4.06. The number of nitrogens with zero attached hydrogens (tertiary/aromatic N) is 2. The van der Waals surface area contributed by atoms with E-state index in [-0.39, 0.29) is 5.69 Å². The molecule has 0 radical (unpaired) electrons. The maximum absolute atomic E-state index is 11.2. The monoisotopic (exact) mass is 184 g/mol. The average Bonchev–Trinajstić information content (AvgIpc) is 2.54. The highest BCUT2D eigenvalue weighted by molar-refractivity contribution is 5.88. The predicted molar refractivity (Wildman–Crippen MR) is 45.1 cm³/mol. The quantitative estimate of drug-likeness (QED) is 0.614. The molecule has 0 spiro atoms. The summed E-state index contributed by atoms with van der Waals surface area (Å²) in [4.78, 5) is 11.2. The maximum atomic E-state index is 11.2. The van der Waals surface area contributed by atoms with E-state index in [1.54, 1.807) is 6.92 Å². The van der Waals surface area contributed by atoms with E-state index in [1.807, 2.05) is 0 Å². The molecule has 6 heteroatoms. The van der Waals surface area contributed by atoms with Crippen molar-refractivity contribution in [1.29, 1.82) is 0 Å². The number of esters is 1. The molecule has 1 aromatic rings. The molecule has 72 valence electrons. The Kier molecular flexibility index (Phi) is 3.39. The third-order valence-electron chi connectivity index (χ3n) is 1.47. The van der Waals surface area contributed by atoms with Crippen LogP contribution in [0, 0.1) is 0 Å². The lowest BCUT2D eigenvalue weighted by atomic mass is 10.2. The second-order valence-corrected chi connectivity index (χ2v) is 2.38. The molecule has 0 saturated heterocycles. The zero-order chi connectivity index (χ0) is 9.68. The van der Waals surface area contributed by atoms with Gasteiger partial charge in [0.1, 0.15) is 0 Å². The molecule has 0 aliphatic heterocycles. The van der Waals surface area contributed by atoms with Crippen molar-refractivity contribution in [3.8, 4) is 0 Å². The van der Waals surface area contributed by atoms with Gasteiger partial charge in [-0.15, -0.1) is 5.10 Å². The Morgan fingerprint density at radius 3 is 3.00 bits per heavy atom. The lowest BCUT2D eigenvalue weighted by Gasteiger charge is -1.98. The summed E-state index contributed by atoms with van der Waals surface area (Å²) < 4.78 is 4.77. The van der Waals surface area contributed by atoms with Gasteiger partial charge in [0.2, 0.25) is 0 Å². The minimum Gasteiger partial charge on any atom is -0.461 e. The molecule has 1 rings (SSSR count). The second-order valence-electron chi connectivity index (χ2n) is 2.38. The number of hydrogen-bond acceptors (Lipinski definition) is 5. The van der Waals surface area contributed by atoms with Gasteiger partial charge in [0.25, 0.3) is 0 Å². The molecule has 0 bridgehead atoms. The van der Waals surface area contributed by atoms with Gasteiger partial charge in [-0.2, -0.15) is 10.3 Å². The Hall–Kier alpha value is -1.43. The van der Waals surface area contributed by atoms with E-state index in [0.717, 1.165) is 0 Å². The van der Waals surface area contributed by atoms with Crippen LogP contribution in [-0.2, 0) is 11.2 Å². The molecule has 0 atom stereocenters. The van der Waals surface area contributed by atoms with Gasteiger partial charge in [-0.3, -0.25) is 0 Å². The van der Waals surface area contributed by atoms with Gasteiger partial charge in [-0.25, -0.2) is 4.79 Å². The summed E-state index contributed by atoms with van der Waals surface area (Å²) in [7, 11) is 0. The highest BCUT2D eigenvalue weighted by atomic mass is 16.5. The van der Waals surface area contributed by atoms with E-state index >= 15 is 0 Å². The first-order chi connectivity index (χ1) is 6.29. The van der Waals surface area contributed by atoms with Crippen molar-refractivity contribution in [2.45, 2.75) is 13.3 Å². The van der Waals surface area contributed by atoms with Crippen molar-refractivity contribution in [3.05, 3.63) is 11.4 Å². The van der Waals surface area contributed by atoms with Crippen LogP contribution in [0.5, 0.6) is 0 Å². The van der Waals surface area contributed by atoms with Gasteiger partial charge in [0.05, 0.1) is 12.3 Å². The molecule has 1 aromatic heterocycles. The normalized spacial score (nSPS) is 10.0. The number of carbonyl (C=O) groups is 1. The van der Waals surface area contributed by atoms with Crippen LogP contribution >= 0.6 is 0 Å². The van der Waals surface area contributed by atoms with Crippen LogP contribution in [0.25, 0.3) is 0 Å². The van der Waals surface area contributed by atoms with Crippen molar-refractivity contribution in [3.63, 3.8) is 0 Å².